The normalized spacial score (nSPS) is 31.9. The summed E-state index contributed by atoms with van der Waals surface area (Å²) in [6, 6.07) is 4.54. The number of hydrogen-bond donors (Lipinski definition) is 0. The lowest BCUT2D eigenvalue weighted by atomic mass is 9.54. The molecule has 3 rings (SSSR count). The second kappa shape index (κ2) is 6.12. The average molecular weight is 334 g/mol. The lowest BCUT2D eigenvalue weighted by Crippen LogP contribution is -2.45. The SMILES string of the molecule is CO/N=C1\CC2C(C)CCCC2(C)c2ccc(C(C)C)c(Cl)c21. The van der Waals surface area contributed by atoms with Gasteiger partial charge in [0, 0.05) is 5.56 Å². The second-order valence-corrected chi connectivity index (χ2v) is 8.24. The maximum atomic E-state index is 6.85. The Morgan fingerprint density at radius 1 is 1.35 bits per heavy atom. The van der Waals surface area contributed by atoms with Crippen molar-refractivity contribution in [3.63, 3.8) is 0 Å². The van der Waals surface area contributed by atoms with Crippen LogP contribution in [0.4, 0.5) is 0 Å². The first-order valence-electron chi connectivity index (χ1n) is 8.83. The molecule has 2 nitrogen and oxygen atoms in total. The quantitative estimate of drug-likeness (QED) is 0.616. The Balaban J connectivity index is 2.24. The van der Waals surface area contributed by atoms with Gasteiger partial charge in [0.05, 0.1) is 10.7 Å². The summed E-state index contributed by atoms with van der Waals surface area (Å²) >= 11 is 6.85. The van der Waals surface area contributed by atoms with Crippen molar-refractivity contribution in [2.45, 2.75) is 64.7 Å². The predicted molar refractivity (Wildman–Crippen MR) is 97.6 cm³/mol. The van der Waals surface area contributed by atoms with Gasteiger partial charge in [0.2, 0.25) is 0 Å². The Hall–Kier alpha value is -1.02. The Morgan fingerprint density at radius 2 is 2.09 bits per heavy atom. The molecule has 1 aromatic rings. The number of rotatable bonds is 2. The molecule has 3 atom stereocenters. The highest BCUT2D eigenvalue weighted by molar-refractivity contribution is 6.35. The molecule has 126 valence electrons. The number of oxime groups is 1. The van der Waals surface area contributed by atoms with Crippen LogP contribution in [0, 0.1) is 11.8 Å². The van der Waals surface area contributed by atoms with Crippen LogP contribution in [0.25, 0.3) is 0 Å². The fraction of sp³-hybridized carbons (Fsp3) is 0.650. The van der Waals surface area contributed by atoms with E-state index in [0.29, 0.717) is 17.8 Å². The van der Waals surface area contributed by atoms with E-state index in [1.165, 1.54) is 30.4 Å². The van der Waals surface area contributed by atoms with Gasteiger partial charge in [-0.25, -0.2) is 0 Å². The van der Waals surface area contributed by atoms with Gasteiger partial charge in [0.25, 0.3) is 0 Å². The molecule has 0 spiro atoms. The van der Waals surface area contributed by atoms with Gasteiger partial charge in [-0.15, -0.1) is 0 Å². The zero-order chi connectivity index (χ0) is 16.8. The van der Waals surface area contributed by atoms with Gasteiger partial charge in [0.15, 0.2) is 0 Å². The molecule has 2 aliphatic carbocycles. The predicted octanol–water partition coefficient (Wildman–Crippen LogP) is 5.91. The van der Waals surface area contributed by atoms with E-state index in [-0.39, 0.29) is 5.41 Å². The molecular weight excluding hydrogens is 306 g/mol. The first-order valence-corrected chi connectivity index (χ1v) is 9.21. The molecule has 23 heavy (non-hydrogen) atoms. The Bertz CT molecular complexity index is 637. The standard InChI is InChI=1S/C20H28ClNO/c1-12(2)14-8-9-15-18(19(14)21)17(22-23-5)11-16-13(3)7-6-10-20(15,16)4/h8-9,12-13,16H,6-7,10-11H2,1-5H3/b22-17+. The van der Waals surface area contributed by atoms with Crippen molar-refractivity contribution >= 4 is 17.3 Å². The fourth-order valence-corrected chi connectivity index (χ4v) is 5.36. The Morgan fingerprint density at radius 3 is 2.74 bits per heavy atom. The summed E-state index contributed by atoms with van der Waals surface area (Å²) in [7, 11) is 1.63. The number of fused-ring (bicyclic) bond motifs is 3. The summed E-state index contributed by atoms with van der Waals surface area (Å²) < 4.78 is 0. The largest absolute Gasteiger partial charge is 0.399 e. The highest BCUT2D eigenvalue weighted by atomic mass is 35.5. The molecule has 0 aliphatic heterocycles. The summed E-state index contributed by atoms with van der Waals surface area (Å²) in [5.74, 6) is 1.75. The molecule has 0 N–H and O–H groups in total. The van der Waals surface area contributed by atoms with Crippen molar-refractivity contribution in [1.82, 2.24) is 0 Å². The van der Waals surface area contributed by atoms with E-state index in [9.17, 15) is 0 Å². The average Bonchev–Trinajstić information content (AvgIpc) is 2.49. The van der Waals surface area contributed by atoms with Crippen LogP contribution in [-0.2, 0) is 10.3 Å². The minimum atomic E-state index is 0.207. The van der Waals surface area contributed by atoms with Crippen LogP contribution in [0.1, 0.15) is 76.0 Å². The van der Waals surface area contributed by atoms with Crippen LogP contribution < -0.4 is 0 Å². The summed E-state index contributed by atoms with van der Waals surface area (Å²) in [4.78, 5) is 5.17. The van der Waals surface area contributed by atoms with Crippen molar-refractivity contribution in [2.75, 3.05) is 7.11 Å². The lowest BCUT2D eigenvalue weighted by Gasteiger charge is -2.50. The van der Waals surface area contributed by atoms with Crippen molar-refractivity contribution < 1.29 is 4.84 Å². The summed E-state index contributed by atoms with van der Waals surface area (Å²) in [5, 5.41) is 5.26. The maximum Gasteiger partial charge on any atom is 0.106 e. The highest BCUT2D eigenvalue weighted by Crippen LogP contribution is 2.53. The van der Waals surface area contributed by atoms with E-state index in [4.69, 9.17) is 16.4 Å². The first kappa shape index (κ1) is 16.8. The molecule has 2 aliphatic rings. The minimum Gasteiger partial charge on any atom is -0.399 e. The number of halogens is 1. The molecule has 0 aromatic heterocycles. The van der Waals surface area contributed by atoms with Crippen LogP contribution in [0.15, 0.2) is 17.3 Å². The topological polar surface area (TPSA) is 21.6 Å². The number of nitrogens with zero attached hydrogens (tertiary/aromatic N) is 1. The maximum absolute atomic E-state index is 6.85. The van der Waals surface area contributed by atoms with E-state index in [0.717, 1.165) is 22.7 Å². The zero-order valence-electron chi connectivity index (χ0n) is 14.9. The third-order valence-corrected chi connectivity index (χ3v) is 6.58. The monoisotopic (exact) mass is 333 g/mol. The highest BCUT2D eigenvalue weighted by Gasteiger charge is 2.47. The van der Waals surface area contributed by atoms with Gasteiger partial charge in [0.1, 0.15) is 7.11 Å². The van der Waals surface area contributed by atoms with Gasteiger partial charge in [-0.05, 0) is 47.1 Å². The van der Waals surface area contributed by atoms with Crippen molar-refractivity contribution in [1.29, 1.82) is 0 Å². The molecule has 1 fully saturated rings. The Kier molecular flexibility index (Phi) is 4.48. The molecule has 0 saturated heterocycles. The van der Waals surface area contributed by atoms with Gasteiger partial charge in [-0.2, -0.15) is 0 Å². The van der Waals surface area contributed by atoms with Crippen LogP contribution >= 0.6 is 11.6 Å². The van der Waals surface area contributed by atoms with Gasteiger partial charge in [-0.1, -0.05) is 69.4 Å². The van der Waals surface area contributed by atoms with Gasteiger partial charge >= 0.3 is 0 Å². The zero-order valence-corrected chi connectivity index (χ0v) is 15.7. The molecule has 1 saturated carbocycles. The molecule has 0 amide bonds. The molecular formula is C20H28ClNO. The van der Waals surface area contributed by atoms with Gasteiger partial charge in [-0.3, -0.25) is 0 Å². The van der Waals surface area contributed by atoms with Crippen molar-refractivity contribution in [3.8, 4) is 0 Å². The van der Waals surface area contributed by atoms with Crippen LogP contribution in [-0.4, -0.2) is 12.8 Å². The molecule has 1 aromatic carbocycles. The fourth-order valence-electron chi connectivity index (χ4n) is 4.87. The van der Waals surface area contributed by atoms with E-state index in [1.807, 2.05) is 0 Å². The van der Waals surface area contributed by atoms with Crippen molar-refractivity contribution in [2.24, 2.45) is 17.0 Å². The summed E-state index contributed by atoms with van der Waals surface area (Å²) in [6.45, 7) is 9.20. The molecule has 3 heteroatoms. The first-order chi connectivity index (χ1) is 10.9. The van der Waals surface area contributed by atoms with Gasteiger partial charge < -0.3 is 4.84 Å². The third-order valence-electron chi connectivity index (χ3n) is 6.17. The Labute approximate surface area is 145 Å². The van der Waals surface area contributed by atoms with Crippen LogP contribution in [0.5, 0.6) is 0 Å². The molecule has 0 heterocycles. The molecule has 0 bridgehead atoms. The van der Waals surface area contributed by atoms with Crippen LogP contribution in [0.3, 0.4) is 0 Å². The van der Waals surface area contributed by atoms with Crippen molar-refractivity contribution in [3.05, 3.63) is 33.8 Å². The van der Waals surface area contributed by atoms with E-state index < -0.39 is 0 Å². The molecule has 0 radical (unpaired) electrons. The number of hydrogen-bond acceptors (Lipinski definition) is 2. The number of benzene rings is 1. The van der Waals surface area contributed by atoms with E-state index >= 15 is 0 Å². The van der Waals surface area contributed by atoms with E-state index in [1.54, 1.807) is 7.11 Å². The smallest absolute Gasteiger partial charge is 0.106 e. The third kappa shape index (κ3) is 2.59. The summed E-state index contributed by atoms with van der Waals surface area (Å²) in [6.07, 6.45) is 4.83. The van der Waals surface area contributed by atoms with Crippen LogP contribution in [0.2, 0.25) is 5.02 Å². The second-order valence-electron chi connectivity index (χ2n) is 7.86. The summed E-state index contributed by atoms with van der Waals surface area (Å²) in [5.41, 5.74) is 4.98. The van der Waals surface area contributed by atoms with E-state index in [2.05, 4.69) is 45.0 Å². The molecule has 3 unspecified atom stereocenters. The minimum absolute atomic E-state index is 0.207. The lowest BCUT2D eigenvalue weighted by molar-refractivity contribution is 0.136.